The number of nitrogens with zero attached hydrogens (tertiary/aromatic N) is 4. The normalized spacial score (nSPS) is 27.2. The van der Waals surface area contributed by atoms with Crippen LogP contribution in [0.4, 0.5) is 5.82 Å². The van der Waals surface area contributed by atoms with E-state index in [1.165, 1.54) is 23.8 Å². The predicted octanol–water partition coefficient (Wildman–Crippen LogP) is 1.71. The van der Waals surface area contributed by atoms with Gasteiger partial charge in [-0.25, -0.2) is 15.0 Å². The number of imidazole rings is 1. The molecule has 1 aromatic carbocycles. The summed E-state index contributed by atoms with van der Waals surface area (Å²) in [5, 5.41) is 33.4. The maximum Gasteiger partial charge on any atom is 0.167 e. The van der Waals surface area contributed by atoms with Gasteiger partial charge in [-0.1, -0.05) is 12.1 Å². The summed E-state index contributed by atoms with van der Waals surface area (Å²) in [7, 11) is 0. The van der Waals surface area contributed by atoms with Gasteiger partial charge in [0, 0.05) is 0 Å². The van der Waals surface area contributed by atoms with Crippen molar-refractivity contribution in [1.29, 1.82) is 0 Å². The Labute approximate surface area is 191 Å². The second kappa shape index (κ2) is 8.86. The molecule has 0 amide bonds. The molecule has 1 saturated heterocycles. The lowest BCUT2D eigenvalue weighted by Gasteiger charge is -2.28. The highest BCUT2D eigenvalue weighted by molar-refractivity contribution is 5.83. The summed E-state index contributed by atoms with van der Waals surface area (Å²) in [6, 6.07) is 6.20. The Morgan fingerprint density at radius 1 is 1.21 bits per heavy atom. The number of fused-ring (bicyclic) bond motifs is 2. The molecule has 5 rings (SSSR count). The van der Waals surface area contributed by atoms with Gasteiger partial charge in [-0.3, -0.25) is 4.57 Å². The van der Waals surface area contributed by atoms with Gasteiger partial charge in [-0.05, 0) is 50.3 Å². The number of benzene rings is 1. The van der Waals surface area contributed by atoms with Crippen LogP contribution in [0, 0.1) is 0 Å². The Kier molecular flexibility index (Phi) is 5.92. The van der Waals surface area contributed by atoms with E-state index in [9.17, 15) is 15.3 Å². The van der Waals surface area contributed by atoms with E-state index >= 15 is 0 Å². The number of hydrogen-bond acceptors (Lipinski definition) is 9. The van der Waals surface area contributed by atoms with E-state index in [2.05, 4.69) is 26.3 Å². The minimum absolute atomic E-state index is 0.0432. The minimum atomic E-state index is -1.21. The summed E-state index contributed by atoms with van der Waals surface area (Å²) in [5.74, 6) is 1.51. The second-order valence-electron chi connectivity index (χ2n) is 8.85. The lowest BCUT2D eigenvalue weighted by molar-refractivity contribution is -0.0511. The fourth-order valence-corrected chi connectivity index (χ4v) is 4.75. The zero-order valence-electron chi connectivity index (χ0n) is 18.6. The predicted molar refractivity (Wildman–Crippen MR) is 120 cm³/mol. The van der Waals surface area contributed by atoms with E-state index < -0.39 is 31.1 Å². The zero-order valence-corrected chi connectivity index (χ0v) is 18.6. The van der Waals surface area contributed by atoms with Gasteiger partial charge >= 0.3 is 0 Å². The first-order valence-corrected chi connectivity index (χ1v) is 11.3. The fourth-order valence-electron chi connectivity index (χ4n) is 4.75. The van der Waals surface area contributed by atoms with Crippen LogP contribution in [-0.2, 0) is 11.2 Å². The van der Waals surface area contributed by atoms with Gasteiger partial charge in [0.15, 0.2) is 23.2 Å². The number of aromatic nitrogens is 4. The first-order valence-electron chi connectivity index (χ1n) is 11.3. The van der Waals surface area contributed by atoms with Crippen molar-refractivity contribution >= 4 is 17.0 Å². The van der Waals surface area contributed by atoms with Gasteiger partial charge < -0.3 is 30.1 Å². The van der Waals surface area contributed by atoms with Crippen LogP contribution in [0.3, 0.4) is 0 Å². The Hall–Kier alpha value is -2.79. The molecule has 0 bridgehead atoms. The lowest BCUT2D eigenvalue weighted by atomic mass is 9.87. The van der Waals surface area contributed by atoms with E-state index in [1.54, 1.807) is 4.57 Å². The van der Waals surface area contributed by atoms with Crippen molar-refractivity contribution in [3.63, 3.8) is 0 Å². The molecule has 10 heteroatoms. The third-order valence-electron chi connectivity index (χ3n) is 6.29. The monoisotopic (exact) mass is 455 g/mol. The standard InChI is InChI=1S/C23H29N5O5/c1-12(2)32-16-8-4-5-13-14(16)6-3-7-15(13)27-21-18-22(25-10-24-21)28(11-26-18)23-20(31)19(30)17(9-29)33-23/h4-5,8,10-12,15,17,19-20,23,29-31H,3,6-7,9H2,1-2H3,(H,24,25,27). The number of rotatable bonds is 6. The first kappa shape index (κ1) is 22.0. The number of nitrogens with one attached hydrogen (secondary N) is 1. The van der Waals surface area contributed by atoms with E-state index in [-0.39, 0.29) is 12.1 Å². The van der Waals surface area contributed by atoms with Crippen molar-refractivity contribution in [3.8, 4) is 5.75 Å². The number of aliphatic hydroxyl groups is 3. The minimum Gasteiger partial charge on any atom is -0.491 e. The quantitative estimate of drug-likeness (QED) is 0.438. The maximum atomic E-state index is 10.4. The molecule has 3 aromatic rings. The second-order valence-corrected chi connectivity index (χ2v) is 8.85. The lowest BCUT2D eigenvalue weighted by Crippen LogP contribution is -2.33. The molecule has 5 atom stereocenters. The highest BCUT2D eigenvalue weighted by atomic mass is 16.6. The molecular weight excluding hydrogens is 426 g/mol. The molecule has 5 unspecified atom stereocenters. The highest BCUT2D eigenvalue weighted by Crippen LogP contribution is 2.38. The Bertz CT molecular complexity index is 1140. The van der Waals surface area contributed by atoms with E-state index in [0.29, 0.717) is 17.0 Å². The van der Waals surface area contributed by atoms with Crippen LogP contribution in [0.2, 0.25) is 0 Å². The molecule has 33 heavy (non-hydrogen) atoms. The molecule has 176 valence electrons. The van der Waals surface area contributed by atoms with Crippen LogP contribution < -0.4 is 10.1 Å². The van der Waals surface area contributed by atoms with Crippen LogP contribution in [0.1, 0.15) is 50.1 Å². The van der Waals surface area contributed by atoms with Crippen LogP contribution in [0.25, 0.3) is 11.2 Å². The van der Waals surface area contributed by atoms with E-state index in [1.807, 2.05) is 26.0 Å². The average molecular weight is 456 g/mol. The Morgan fingerprint density at radius 2 is 2.06 bits per heavy atom. The van der Waals surface area contributed by atoms with E-state index in [0.717, 1.165) is 25.0 Å². The molecule has 0 spiro atoms. The topological polar surface area (TPSA) is 135 Å². The average Bonchev–Trinajstić information content (AvgIpc) is 3.35. The smallest absolute Gasteiger partial charge is 0.167 e. The van der Waals surface area contributed by atoms with E-state index in [4.69, 9.17) is 9.47 Å². The Balaban J connectivity index is 1.45. The fraction of sp³-hybridized carbons (Fsp3) is 0.522. The molecule has 10 nitrogen and oxygen atoms in total. The highest BCUT2D eigenvalue weighted by Gasteiger charge is 2.44. The Morgan fingerprint density at radius 3 is 2.82 bits per heavy atom. The molecule has 1 aliphatic heterocycles. The van der Waals surface area contributed by atoms with Crippen molar-refractivity contribution in [2.75, 3.05) is 11.9 Å². The van der Waals surface area contributed by atoms with Gasteiger partial charge in [-0.15, -0.1) is 0 Å². The summed E-state index contributed by atoms with van der Waals surface area (Å²) in [6.07, 6.45) is 1.79. The number of ether oxygens (including phenoxy) is 2. The number of aliphatic hydroxyl groups excluding tert-OH is 3. The summed E-state index contributed by atoms with van der Waals surface area (Å²) < 4.78 is 13.2. The molecule has 1 fully saturated rings. The van der Waals surface area contributed by atoms with Crippen LogP contribution in [0.15, 0.2) is 30.9 Å². The van der Waals surface area contributed by atoms with Gasteiger partial charge in [0.05, 0.1) is 25.1 Å². The molecule has 4 N–H and O–H groups in total. The summed E-state index contributed by atoms with van der Waals surface area (Å²) in [5.41, 5.74) is 3.42. The molecule has 2 aliphatic rings. The molecule has 3 heterocycles. The van der Waals surface area contributed by atoms with Crippen LogP contribution in [0.5, 0.6) is 5.75 Å². The first-order chi connectivity index (χ1) is 16.0. The van der Waals surface area contributed by atoms with Crippen molar-refractivity contribution < 1.29 is 24.8 Å². The third-order valence-corrected chi connectivity index (χ3v) is 6.29. The van der Waals surface area contributed by atoms with Gasteiger partial charge in [0.2, 0.25) is 0 Å². The maximum absolute atomic E-state index is 10.4. The summed E-state index contributed by atoms with van der Waals surface area (Å²) in [4.78, 5) is 13.2. The molecule has 0 saturated carbocycles. The van der Waals surface area contributed by atoms with Gasteiger partial charge in [0.1, 0.15) is 30.4 Å². The molecule has 2 aromatic heterocycles. The largest absolute Gasteiger partial charge is 0.491 e. The SMILES string of the molecule is CC(C)Oc1cccc2c1CCCC2Nc1ncnc2c1ncn2C1OC(CO)C(O)C1O. The summed E-state index contributed by atoms with van der Waals surface area (Å²) in [6.45, 7) is 3.66. The van der Waals surface area contributed by atoms with Crippen molar-refractivity contribution in [3.05, 3.63) is 42.0 Å². The van der Waals surface area contributed by atoms with Crippen LogP contribution in [-0.4, -0.2) is 65.9 Å². The van der Waals surface area contributed by atoms with Crippen molar-refractivity contribution in [2.24, 2.45) is 0 Å². The third kappa shape index (κ3) is 3.93. The number of anilines is 1. The molecule has 1 aliphatic carbocycles. The summed E-state index contributed by atoms with van der Waals surface area (Å²) >= 11 is 0. The van der Waals surface area contributed by atoms with Crippen molar-refractivity contribution in [2.45, 2.75) is 69.8 Å². The van der Waals surface area contributed by atoms with Gasteiger partial charge in [-0.2, -0.15) is 0 Å². The van der Waals surface area contributed by atoms with Gasteiger partial charge in [0.25, 0.3) is 0 Å². The molecular formula is C23H29N5O5. The van der Waals surface area contributed by atoms with Crippen molar-refractivity contribution in [1.82, 2.24) is 19.5 Å². The zero-order chi connectivity index (χ0) is 23.1. The van der Waals surface area contributed by atoms with Crippen LogP contribution >= 0.6 is 0 Å². The molecule has 0 radical (unpaired) electrons. The number of hydrogen-bond donors (Lipinski definition) is 4.